The molecule has 2 aromatic carbocycles. The van der Waals surface area contributed by atoms with Gasteiger partial charge in [-0.2, -0.15) is 0 Å². The number of anilines is 1. The van der Waals surface area contributed by atoms with Gasteiger partial charge in [0.25, 0.3) is 11.8 Å². The SMILES string of the molecule is CC(C)(C)C1CCc2c(sc(NC(=S)NC(=O)c3cccc(OCc4ccccc4)c3)c2C(N)=O)C1. The predicted octanol–water partition coefficient (Wildman–Crippen LogP) is 5.70. The fraction of sp³-hybridized carbons (Fsp3) is 0.321. The highest BCUT2D eigenvalue weighted by Gasteiger charge is 2.33. The average Bonchev–Trinajstić information content (AvgIpc) is 3.20. The van der Waals surface area contributed by atoms with Gasteiger partial charge in [0.2, 0.25) is 0 Å². The van der Waals surface area contributed by atoms with Crippen molar-refractivity contribution in [2.24, 2.45) is 17.1 Å². The van der Waals surface area contributed by atoms with Crippen molar-refractivity contribution in [2.75, 3.05) is 5.32 Å². The molecule has 4 rings (SSSR count). The van der Waals surface area contributed by atoms with E-state index in [4.69, 9.17) is 22.7 Å². The number of thiophene rings is 1. The number of amides is 2. The van der Waals surface area contributed by atoms with Crippen molar-refractivity contribution < 1.29 is 14.3 Å². The number of carbonyl (C=O) groups is 2. The van der Waals surface area contributed by atoms with Crippen molar-refractivity contribution in [1.29, 1.82) is 0 Å². The second-order valence-electron chi connectivity index (χ2n) is 10.1. The van der Waals surface area contributed by atoms with Gasteiger partial charge in [-0.25, -0.2) is 0 Å². The van der Waals surface area contributed by atoms with Gasteiger partial charge in [-0.15, -0.1) is 11.3 Å². The van der Waals surface area contributed by atoms with Gasteiger partial charge in [-0.05, 0) is 72.1 Å². The van der Waals surface area contributed by atoms with E-state index in [1.54, 1.807) is 24.3 Å². The van der Waals surface area contributed by atoms with Crippen LogP contribution in [0.5, 0.6) is 5.75 Å². The minimum absolute atomic E-state index is 0.115. The summed E-state index contributed by atoms with van der Waals surface area (Å²) < 4.78 is 5.83. The quantitative estimate of drug-likeness (QED) is 0.362. The molecule has 1 aliphatic carbocycles. The summed E-state index contributed by atoms with van der Waals surface area (Å²) in [6.07, 6.45) is 2.72. The van der Waals surface area contributed by atoms with E-state index in [9.17, 15) is 9.59 Å². The van der Waals surface area contributed by atoms with E-state index in [0.29, 0.717) is 34.4 Å². The molecule has 1 heterocycles. The van der Waals surface area contributed by atoms with Crippen molar-refractivity contribution in [3.8, 4) is 5.75 Å². The maximum atomic E-state index is 12.9. The predicted molar refractivity (Wildman–Crippen MR) is 149 cm³/mol. The molecule has 1 aromatic heterocycles. The second kappa shape index (κ2) is 10.8. The van der Waals surface area contributed by atoms with Crippen LogP contribution in [-0.4, -0.2) is 16.9 Å². The Morgan fingerprint density at radius 3 is 2.58 bits per heavy atom. The summed E-state index contributed by atoms with van der Waals surface area (Å²) in [5, 5.41) is 6.46. The van der Waals surface area contributed by atoms with Crippen LogP contribution in [0.15, 0.2) is 54.6 Å². The zero-order valence-corrected chi connectivity index (χ0v) is 22.4. The molecule has 0 saturated heterocycles. The van der Waals surface area contributed by atoms with Crippen molar-refractivity contribution >= 4 is 45.5 Å². The minimum Gasteiger partial charge on any atom is -0.489 e. The van der Waals surface area contributed by atoms with Gasteiger partial charge < -0.3 is 15.8 Å². The normalized spacial score (nSPS) is 15.0. The summed E-state index contributed by atoms with van der Waals surface area (Å²) in [7, 11) is 0. The van der Waals surface area contributed by atoms with Gasteiger partial charge in [0.1, 0.15) is 17.4 Å². The van der Waals surface area contributed by atoms with E-state index in [-0.39, 0.29) is 16.4 Å². The van der Waals surface area contributed by atoms with Crippen LogP contribution in [0.2, 0.25) is 0 Å². The zero-order valence-electron chi connectivity index (χ0n) is 20.7. The number of fused-ring (bicyclic) bond motifs is 1. The van der Waals surface area contributed by atoms with Crippen molar-refractivity contribution in [3.05, 3.63) is 81.7 Å². The molecule has 1 aliphatic rings. The molecule has 0 saturated carbocycles. The Morgan fingerprint density at radius 2 is 1.89 bits per heavy atom. The first-order valence-corrected chi connectivity index (χ1v) is 13.2. The van der Waals surface area contributed by atoms with Gasteiger partial charge in [0, 0.05) is 10.4 Å². The molecule has 3 aromatic rings. The Hall–Kier alpha value is -3.23. The van der Waals surface area contributed by atoms with E-state index in [0.717, 1.165) is 35.3 Å². The summed E-state index contributed by atoms with van der Waals surface area (Å²) in [6, 6.07) is 16.7. The first-order valence-electron chi connectivity index (χ1n) is 11.9. The molecule has 8 heteroatoms. The largest absolute Gasteiger partial charge is 0.489 e. The Bertz CT molecular complexity index is 1280. The summed E-state index contributed by atoms with van der Waals surface area (Å²) in [5.41, 5.74) is 8.87. The van der Waals surface area contributed by atoms with Crippen LogP contribution in [-0.2, 0) is 19.4 Å². The molecule has 0 aliphatic heterocycles. The van der Waals surface area contributed by atoms with E-state index in [2.05, 4.69) is 31.4 Å². The van der Waals surface area contributed by atoms with Crippen LogP contribution >= 0.6 is 23.6 Å². The summed E-state index contributed by atoms with van der Waals surface area (Å²) in [6.45, 7) is 7.14. The Labute approximate surface area is 221 Å². The number of benzene rings is 2. The molecule has 4 N–H and O–H groups in total. The van der Waals surface area contributed by atoms with Crippen LogP contribution in [0.25, 0.3) is 0 Å². The van der Waals surface area contributed by atoms with Crippen LogP contribution in [0, 0.1) is 11.3 Å². The van der Waals surface area contributed by atoms with Crippen molar-refractivity contribution in [1.82, 2.24) is 5.32 Å². The fourth-order valence-electron chi connectivity index (χ4n) is 4.45. The lowest BCUT2D eigenvalue weighted by atomic mass is 9.72. The third-order valence-corrected chi connectivity index (χ3v) is 7.91. The Balaban J connectivity index is 1.42. The maximum absolute atomic E-state index is 12.9. The number of thiocarbonyl (C=S) groups is 1. The van der Waals surface area contributed by atoms with Crippen molar-refractivity contribution in [3.63, 3.8) is 0 Å². The van der Waals surface area contributed by atoms with Gasteiger partial charge in [-0.3, -0.25) is 14.9 Å². The lowest BCUT2D eigenvalue weighted by Gasteiger charge is -2.33. The highest BCUT2D eigenvalue weighted by molar-refractivity contribution is 7.80. The molecule has 0 fully saturated rings. The monoisotopic (exact) mass is 521 g/mol. The molecule has 1 unspecified atom stereocenters. The number of nitrogens with one attached hydrogen (secondary N) is 2. The van der Waals surface area contributed by atoms with Gasteiger partial charge >= 0.3 is 0 Å². The second-order valence-corrected chi connectivity index (χ2v) is 11.6. The van der Waals surface area contributed by atoms with Gasteiger partial charge in [0.05, 0.1) is 5.56 Å². The third-order valence-electron chi connectivity index (χ3n) is 6.54. The zero-order chi connectivity index (χ0) is 25.9. The van der Waals surface area contributed by atoms with E-state index in [1.165, 1.54) is 11.3 Å². The number of primary amides is 1. The Kier molecular flexibility index (Phi) is 7.76. The number of rotatable bonds is 6. The maximum Gasteiger partial charge on any atom is 0.257 e. The highest BCUT2D eigenvalue weighted by Crippen LogP contribution is 2.44. The van der Waals surface area contributed by atoms with Gasteiger partial charge in [-0.1, -0.05) is 57.2 Å². The molecular formula is C28H31N3O3S2. The van der Waals surface area contributed by atoms with Crippen LogP contribution in [0.1, 0.15) is 63.9 Å². The molecule has 0 spiro atoms. The van der Waals surface area contributed by atoms with E-state index >= 15 is 0 Å². The molecule has 0 radical (unpaired) electrons. The molecule has 1 atom stereocenters. The lowest BCUT2D eigenvalue weighted by Crippen LogP contribution is -2.34. The first kappa shape index (κ1) is 25.9. The molecule has 2 amide bonds. The van der Waals surface area contributed by atoms with Crippen LogP contribution in [0.3, 0.4) is 0 Å². The lowest BCUT2D eigenvalue weighted by molar-refractivity contribution is 0.0975. The molecule has 36 heavy (non-hydrogen) atoms. The molecule has 0 bridgehead atoms. The number of carbonyl (C=O) groups excluding carboxylic acids is 2. The van der Waals surface area contributed by atoms with Crippen LogP contribution in [0.4, 0.5) is 5.00 Å². The summed E-state index contributed by atoms with van der Waals surface area (Å²) >= 11 is 6.91. The first-order chi connectivity index (χ1) is 17.1. The van der Waals surface area contributed by atoms with Crippen LogP contribution < -0.4 is 21.1 Å². The molecule has 188 valence electrons. The number of ether oxygens (including phenoxy) is 1. The topological polar surface area (TPSA) is 93.4 Å². The standard InChI is InChI=1S/C28H31N3O3S2/c1-28(2,3)19-12-13-21-22(15-19)36-26(23(21)24(29)32)31-27(35)30-25(33)18-10-7-11-20(14-18)34-16-17-8-5-4-6-9-17/h4-11,14,19H,12-13,15-16H2,1-3H3,(H2,29,32)(H2,30,31,33,35). The smallest absolute Gasteiger partial charge is 0.257 e. The highest BCUT2D eigenvalue weighted by atomic mass is 32.1. The minimum atomic E-state index is -0.485. The Morgan fingerprint density at radius 1 is 1.14 bits per heavy atom. The van der Waals surface area contributed by atoms with Crippen molar-refractivity contribution in [2.45, 2.75) is 46.6 Å². The van der Waals surface area contributed by atoms with E-state index < -0.39 is 5.91 Å². The summed E-state index contributed by atoms with van der Waals surface area (Å²) in [5.74, 6) is 0.259. The van der Waals surface area contributed by atoms with E-state index in [1.807, 2.05) is 30.3 Å². The summed E-state index contributed by atoms with van der Waals surface area (Å²) in [4.78, 5) is 26.3. The molecule has 6 nitrogen and oxygen atoms in total. The number of hydrogen-bond donors (Lipinski definition) is 3. The number of hydrogen-bond acceptors (Lipinski definition) is 5. The van der Waals surface area contributed by atoms with Gasteiger partial charge in [0.15, 0.2) is 5.11 Å². The molecular weight excluding hydrogens is 490 g/mol. The third kappa shape index (κ3) is 6.12. The fourth-order valence-corrected chi connectivity index (χ4v) is 6.05. The number of nitrogens with two attached hydrogens (primary N) is 1. The average molecular weight is 522 g/mol.